The molecular weight excluding hydrogens is 252 g/mol. The number of hydrogen-bond donors (Lipinski definition) is 2. The molecule has 0 saturated carbocycles. The van der Waals surface area contributed by atoms with Gasteiger partial charge >= 0.3 is 0 Å². The molecule has 1 aromatic heterocycles. The van der Waals surface area contributed by atoms with E-state index in [-0.39, 0.29) is 5.91 Å². The van der Waals surface area contributed by atoms with E-state index in [1.54, 1.807) is 6.07 Å². The van der Waals surface area contributed by atoms with Crippen LogP contribution in [0.4, 0.5) is 5.82 Å². The number of rotatable bonds is 5. The second-order valence-corrected chi connectivity index (χ2v) is 5.03. The van der Waals surface area contributed by atoms with E-state index < -0.39 is 0 Å². The Morgan fingerprint density at radius 3 is 2.85 bits per heavy atom. The summed E-state index contributed by atoms with van der Waals surface area (Å²) in [5.41, 5.74) is 6.26. The topological polar surface area (TPSA) is 71.2 Å². The van der Waals surface area contributed by atoms with Crippen LogP contribution in [0, 0.1) is 0 Å². The van der Waals surface area contributed by atoms with Gasteiger partial charge in [-0.05, 0) is 38.5 Å². The highest BCUT2D eigenvalue weighted by molar-refractivity contribution is 5.99. The van der Waals surface area contributed by atoms with E-state index in [2.05, 4.69) is 15.2 Å². The molecule has 0 spiro atoms. The summed E-state index contributed by atoms with van der Waals surface area (Å²) in [4.78, 5) is 18.3. The quantitative estimate of drug-likeness (QED) is 0.809. The van der Waals surface area contributed by atoms with Crippen LogP contribution in [0.2, 0.25) is 0 Å². The maximum atomic E-state index is 12.0. The Hall–Kier alpha value is -2.14. The Morgan fingerprint density at radius 2 is 2.10 bits per heavy atom. The molecule has 2 rings (SSSR count). The Bertz CT molecular complexity index is 610. The molecule has 0 aliphatic carbocycles. The summed E-state index contributed by atoms with van der Waals surface area (Å²) in [6.45, 7) is 1.57. The number of nitrogen functional groups attached to an aromatic ring is 1. The van der Waals surface area contributed by atoms with E-state index in [1.165, 1.54) is 0 Å². The van der Waals surface area contributed by atoms with Crippen LogP contribution < -0.4 is 11.1 Å². The normalized spacial score (nSPS) is 10.9. The second-order valence-electron chi connectivity index (χ2n) is 5.03. The number of pyridine rings is 1. The largest absolute Gasteiger partial charge is 0.383 e. The number of benzene rings is 1. The van der Waals surface area contributed by atoms with Crippen LogP contribution >= 0.6 is 0 Å². The summed E-state index contributed by atoms with van der Waals surface area (Å²) in [6, 6.07) is 9.42. The number of nitrogens with two attached hydrogens (primary N) is 1. The molecule has 0 aliphatic rings. The third kappa shape index (κ3) is 3.45. The molecule has 0 unspecified atom stereocenters. The van der Waals surface area contributed by atoms with Crippen molar-refractivity contribution in [3.05, 3.63) is 36.0 Å². The Kier molecular flexibility index (Phi) is 4.53. The van der Waals surface area contributed by atoms with E-state index in [0.717, 1.165) is 23.7 Å². The van der Waals surface area contributed by atoms with Crippen molar-refractivity contribution in [3.63, 3.8) is 0 Å². The first-order chi connectivity index (χ1) is 9.58. The highest BCUT2D eigenvalue weighted by atomic mass is 16.1. The maximum absolute atomic E-state index is 12.0. The smallest absolute Gasteiger partial charge is 0.269 e. The van der Waals surface area contributed by atoms with Crippen molar-refractivity contribution in [2.75, 3.05) is 32.9 Å². The first-order valence-corrected chi connectivity index (χ1v) is 6.66. The highest BCUT2D eigenvalue weighted by Gasteiger charge is 2.10. The molecule has 106 valence electrons. The zero-order valence-corrected chi connectivity index (χ0v) is 11.9. The fraction of sp³-hybridized carbons (Fsp3) is 0.333. The number of fused-ring (bicyclic) bond motifs is 1. The molecule has 3 N–H and O–H groups in total. The van der Waals surface area contributed by atoms with Gasteiger partial charge in [-0.3, -0.25) is 4.79 Å². The average molecular weight is 272 g/mol. The zero-order chi connectivity index (χ0) is 14.5. The van der Waals surface area contributed by atoms with Crippen molar-refractivity contribution < 1.29 is 4.79 Å². The first-order valence-electron chi connectivity index (χ1n) is 6.66. The van der Waals surface area contributed by atoms with Crippen LogP contribution in [0.1, 0.15) is 16.9 Å². The molecule has 0 bridgehead atoms. The Morgan fingerprint density at radius 1 is 1.35 bits per heavy atom. The molecule has 0 atom stereocenters. The number of anilines is 1. The number of nitrogens with zero attached hydrogens (tertiary/aromatic N) is 2. The number of carbonyl (C=O) groups is 1. The van der Waals surface area contributed by atoms with Gasteiger partial charge in [-0.25, -0.2) is 4.98 Å². The molecule has 0 radical (unpaired) electrons. The predicted molar refractivity (Wildman–Crippen MR) is 81.7 cm³/mol. The van der Waals surface area contributed by atoms with Crippen LogP contribution in [0.15, 0.2) is 30.3 Å². The number of amides is 1. The van der Waals surface area contributed by atoms with Crippen molar-refractivity contribution in [2.24, 2.45) is 0 Å². The Balaban J connectivity index is 2.07. The van der Waals surface area contributed by atoms with Gasteiger partial charge in [-0.1, -0.05) is 24.3 Å². The standard InChI is InChI=1S/C15H20N4O/c1-19(2)9-5-8-17-15(20)13-10-11-6-3-4-7-12(11)14(16)18-13/h3-4,6-7,10H,5,8-9H2,1-2H3,(H2,16,18)(H,17,20). The molecule has 1 aromatic carbocycles. The van der Waals surface area contributed by atoms with Crippen molar-refractivity contribution in [2.45, 2.75) is 6.42 Å². The summed E-state index contributed by atoms with van der Waals surface area (Å²) in [5, 5.41) is 4.66. The summed E-state index contributed by atoms with van der Waals surface area (Å²) in [7, 11) is 4.01. The molecule has 5 nitrogen and oxygen atoms in total. The first kappa shape index (κ1) is 14.3. The van der Waals surface area contributed by atoms with Crippen LogP contribution in [-0.4, -0.2) is 43.0 Å². The van der Waals surface area contributed by atoms with E-state index >= 15 is 0 Å². The molecule has 0 saturated heterocycles. The van der Waals surface area contributed by atoms with Gasteiger partial charge in [-0.2, -0.15) is 0 Å². The summed E-state index contributed by atoms with van der Waals surface area (Å²) in [6.07, 6.45) is 0.905. The Labute approximate surface area is 118 Å². The minimum atomic E-state index is -0.179. The number of nitrogens with one attached hydrogen (secondary N) is 1. The third-order valence-electron chi connectivity index (χ3n) is 3.07. The van der Waals surface area contributed by atoms with Gasteiger partial charge in [0.05, 0.1) is 0 Å². The van der Waals surface area contributed by atoms with E-state index in [0.29, 0.717) is 18.1 Å². The SMILES string of the molecule is CN(C)CCCNC(=O)c1cc2ccccc2c(N)n1. The molecule has 0 aliphatic heterocycles. The second kappa shape index (κ2) is 6.34. The van der Waals surface area contributed by atoms with E-state index in [1.807, 2.05) is 38.4 Å². The monoisotopic (exact) mass is 272 g/mol. The van der Waals surface area contributed by atoms with E-state index in [4.69, 9.17) is 5.73 Å². The van der Waals surface area contributed by atoms with Crippen molar-refractivity contribution in [1.29, 1.82) is 0 Å². The number of aromatic nitrogens is 1. The highest BCUT2D eigenvalue weighted by Crippen LogP contribution is 2.19. The molecule has 1 amide bonds. The fourth-order valence-corrected chi connectivity index (χ4v) is 2.03. The van der Waals surface area contributed by atoms with Gasteiger partial charge in [0.25, 0.3) is 5.91 Å². The summed E-state index contributed by atoms with van der Waals surface area (Å²) >= 11 is 0. The summed E-state index contributed by atoms with van der Waals surface area (Å²) in [5.74, 6) is 0.211. The number of carbonyl (C=O) groups excluding carboxylic acids is 1. The average Bonchev–Trinajstić information content (AvgIpc) is 2.43. The van der Waals surface area contributed by atoms with Crippen LogP contribution in [-0.2, 0) is 0 Å². The summed E-state index contributed by atoms with van der Waals surface area (Å²) < 4.78 is 0. The minimum absolute atomic E-state index is 0.179. The lowest BCUT2D eigenvalue weighted by atomic mass is 10.1. The van der Waals surface area contributed by atoms with Gasteiger partial charge < -0.3 is 16.0 Å². The van der Waals surface area contributed by atoms with Gasteiger partial charge in [-0.15, -0.1) is 0 Å². The van der Waals surface area contributed by atoms with Crippen LogP contribution in [0.5, 0.6) is 0 Å². The van der Waals surface area contributed by atoms with Gasteiger partial charge in [0.15, 0.2) is 0 Å². The molecule has 5 heteroatoms. The molecular formula is C15H20N4O. The van der Waals surface area contributed by atoms with Crippen LogP contribution in [0.25, 0.3) is 10.8 Å². The minimum Gasteiger partial charge on any atom is -0.383 e. The van der Waals surface area contributed by atoms with Gasteiger partial charge in [0.2, 0.25) is 0 Å². The molecule has 2 aromatic rings. The predicted octanol–water partition coefficient (Wildman–Crippen LogP) is 1.50. The van der Waals surface area contributed by atoms with Gasteiger partial charge in [0, 0.05) is 11.9 Å². The van der Waals surface area contributed by atoms with Gasteiger partial charge in [0.1, 0.15) is 11.5 Å². The molecule has 20 heavy (non-hydrogen) atoms. The lowest BCUT2D eigenvalue weighted by Crippen LogP contribution is -2.28. The maximum Gasteiger partial charge on any atom is 0.269 e. The molecule has 0 fully saturated rings. The third-order valence-corrected chi connectivity index (χ3v) is 3.07. The lowest BCUT2D eigenvalue weighted by Gasteiger charge is -2.10. The van der Waals surface area contributed by atoms with Crippen molar-refractivity contribution in [1.82, 2.24) is 15.2 Å². The van der Waals surface area contributed by atoms with Crippen molar-refractivity contribution in [3.8, 4) is 0 Å². The van der Waals surface area contributed by atoms with Crippen LogP contribution in [0.3, 0.4) is 0 Å². The number of hydrogen-bond acceptors (Lipinski definition) is 4. The lowest BCUT2D eigenvalue weighted by molar-refractivity contribution is 0.0947. The fourth-order valence-electron chi connectivity index (χ4n) is 2.03. The molecule has 1 heterocycles. The van der Waals surface area contributed by atoms with Crippen molar-refractivity contribution >= 4 is 22.5 Å². The zero-order valence-electron chi connectivity index (χ0n) is 11.9. The van der Waals surface area contributed by atoms with E-state index in [9.17, 15) is 4.79 Å².